The lowest BCUT2D eigenvalue weighted by Crippen LogP contribution is -2.30. The van der Waals surface area contributed by atoms with Crippen molar-refractivity contribution < 1.29 is 28.6 Å². The Hall–Kier alpha value is -3.67. The minimum absolute atomic E-state index is 0.103. The lowest BCUT2D eigenvalue weighted by Gasteiger charge is -2.18. The second-order valence-electron chi connectivity index (χ2n) is 18.1. The second kappa shape index (κ2) is 54.9. The summed E-state index contributed by atoms with van der Waals surface area (Å²) in [6.45, 7) is 6.36. The van der Waals surface area contributed by atoms with Gasteiger partial charge in [0.2, 0.25) is 0 Å². The van der Waals surface area contributed by atoms with E-state index in [1.807, 2.05) is 0 Å². The van der Waals surface area contributed by atoms with Gasteiger partial charge in [0.1, 0.15) is 13.2 Å². The van der Waals surface area contributed by atoms with Crippen LogP contribution in [-0.4, -0.2) is 37.2 Å². The number of hydrogen-bond donors (Lipinski definition) is 0. The highest BCUT2D eigenvalue weighted by Crippen LogP contribution is 2.15. The quantitative estimate of drug-likeness (QED) is 0.0262. The molecule has 67 heavy (non-hydrogen) atoms. The van der Waals surface area contributed by atoms with Gasteiger partial charge >= 0.3 is 17.9 Å². The van der Waals surface area contributed by atoms with Crippen molar-refractivity contribution in [3.05, 3.63) is 97.2 Å². The van der Waals surface area contributed by atoms with Crippen molar-refractivity contribution in [3.8, 4) is 0 Å². The summed E-state index contributed by atoms with van der Waals surface area (Å²) in [7, 11) is 0. The van der Waals surface area contributed by atoms with E-state index in [1.54, 1.807) is 0 Å². The Kier molecular flexibility index (Phi) is 51.9. The molecule has 0 radical (unpaired) electrons. The third-order valence-electron chi connectivity index (χ3n) is 11.6. The lowest BCUT2D eigenvalue weighted by molar-refractivity contribution is -0.167. The summed E-state index contributed by atoms with van der Waals surface area (Å²) in [5, 5.41) is 0. The molecule has 0 heterocycles. The van der Waals surface area contributed by atoms with E-state index in [2.05, 4.69) is 118 Å². The first-order valence-corrected chi connectivity index (χ1v) is 27.7. The normalized spacial score (nSPS) is 12.8. The average Bonchev–Trinajstić information content (AvgIpc) is 3.33. The molecule has 0 aromatic rings. The van der Waals surface area contributed by atoms with Crippen LogP contribution in [0.5, 0.6) is 0 Å². The van der Waals surface area contributed by atoms with Crippen LogP contribution < -0.4 is 0 Å². The van der Waals surface area contributed by atoms with Crippen molar-refractivity contribution in [2.75, 3.05) is 13.2 Å². The Balaban J connectivity index is 4.49. The van der Waals surface area contributed by atoms with Gasteiger partial charge in [-0.05, 0) is 89.9 Å². The van der Waals surface area contributed by atoms with Crippen LogP contribution >= 0.6 is 0 Å². The highest BCUT2D eigenvalue weighted by Gasteiger charge is 2.19. The number of rotatable bonds is 49. The Bertz CT molecular complexity index is 1350. The van der Waals surface area contributed by atoms with Crippen LogP contribution in [0.15, 0.2) is 97.2 Å². The van der Waals surface area contributed by atoms with E-state index in [9.17, 15) is 14.4 Å². The van der Waals surface area contributed by atoms with Crippen molar-refractivity contribution in [1.82, 2.24) is 0 Å². The van der Waals surface area contributed by atoms with E-state index in [-0.39, 0.29) is 37.5 Å². The van der Waals surface area contributed by atoms with Crippen LogP contribution in [0.4, 0.5) is 0 Å². The maximum atomic E-state index is 12.8. The molecule has 0 unspecified atom stereocenters. The fourth-order valence-corrected chi connectivity index (χ4v) is 7.49. The smallest absolute Gasteiger partial charge is 0.306 e. The van der Waals surface area contributed by atoms with E-state index < -0.39 is 6.10 Å². The Morgan fingerprint density at radius 3 is 0.970 bits per heavy atom. The van der Waals surface area contributed by atoms with Crippen molar-refractivity contribution in [2.24, 2.45) is 0 Å². The molecule has 0 aromatic heterocycles. The van der Waals surface area contributed by atoms with Crippen LogP contribution in [0.25, 0.3) is 0 Å². The number of ether oxygens (including phenoxy) is 3. The molecule has 0 amide bonds. The lowest BCUT2D eigenvalue weighted by atomic mass is 10.0. The maximum Gasteiger partial charge on any atom is 0.306 e. The molecule has 6 heteroatoms. The van der Waals surface area contributed by atoms with E-state index in [4.69, 9.17) is 14.2 Å². The summed E-state index contributed by atoms with van der Waals surface area (Å²) in [4.78, 5) is 38.1. The first-order chi connectivity index (χ1) is 33.0. The van der Waals surface area contributed by atoms with Crippen LogP contribution in [0, 0.1) is 0 Å². The van der Waals surface area contributed by atoms with Gasteiger partial charge in [-0.2, -0.15) is 0 Å². The molecule has 6 nitrogen and oxygen atoms in total. The highest BCUT2D eigenvalue weighted by atomic mass is 16.6. The van der Waals surface area contributed by atoms with E-state index in [1.165, 1.54) is 89.9 Å². The molecule has 0 fully saturated rings. The standard InChI is InChI=1S/C61H102O6/c1-4-7-10-13-16-19-22-25-28-30-33-36-39-42-45-48-51-54-60(63)66-57-58(56-65-59(62)53-50-47-44-41-38-35-32-27-24-21-18-15-12-9-6-3)67-61(64)55-52-49-46-43-40-37-34-31-29-26-23-20-17-14-11-8-5-2/h7,9-10,12,16,18-19,21,25,27-28,32-33,36,42,45,58H,4-6,8,11,13-15,17,20,22-24,26,29-31,34-35,37-41,43-44,46-57H2,1-3H3/b10-7-,12-9-,19-16-,21-18-,28-25-,32-27-,36-33-,45-42-/t58-/m0/s1. The molecule has 1 atom stereocenters. The molecule has 382 valence electrons. The molecule has 0 aromatic carbocycles. The molecule has 0 saturated carbocycles. The molecule has 0 aliphatic carbocycles. The number of hydrogen-bond acceptors (Lipinski definition) is 6. The minimum Gasteiger partial charge on any atom is -0.462 e. The zero-order chi connectivity index (χ0) is 48.6. The van der Waals surface area contributed by atoms with Crippen molar-refractivity contribution in [2.45, 2.75) is 258 Å². The molecular weight excluding hydrogens is 829 g/mol. The molecule has 0 N–H and O–H groups in total. The van der Waals surface area contributed by atoms with Gasteiger partial charge in [-0.3, -0.25) is 14.4 Å². The van der Waals surface area contributed by atoms with E-state index in [0.29, 0.717) is 19.3 Å². The Morgan fingerprint density at radius 2 is 0.597 bits per heavy atom. The number of carbonyl (C=O) groups excluding carboxylic acids is 3. The molecule has 0 bridgehead atoms. The van der Waals surface area contributed by atoms with E-state index in [0.717, 1.165) is 116 Å². The fraction of sp³-hybridized carbons (Fsp3) is 0.689. The van der Waals surface area contributed by atoms with Crippen molar-refractivity contribution in [3.63, 3.8) is 0 Å². The number of allylic oxidation sites excluding steroid dienone is 16. The molecule has 0 saturated heterocycles. The topological polar surface area (TPSA) is 78.9 Å². The molecule has 0 rings (SSSR count). The van der Waals surface area contributed by atoms with Crippen LogP contribution in [0.3, 0.4) is 0 Å². The highest BCUT2D eigenvalue weighted by molar-refractivity contribution is 5.71. The van der Waals surface area contributed by atoms with Crippen LogP contribution in [0.1, 0.15) is 252 Å². The van der Waals surface area contributed by atoms with Crippen LogP contribution in [-0.2, 0) is 28.6 Å². The molecular formula is C61H102O6. The van der Waals surface area contributed by atoms with Crippen molar-refractivity contribution in [1.29, 1.82) is 0 Å². The SMILES string of the molecule is CC/C=C\C/C=C\C/C=C\C/C=C\C/C=C\CCCC(=O)OC[C@H](COC(=O)CCCCCCC/C=C\C/C=C\C/C=C\CC)OC(=O)CCCCCCCCCCCCCCCCCCC. The Labute approximate surface area is 413 Å². The first-order valence-electron chi connectivity index (χ1n) is 27.7. The fourth-order valence-electron chi connectivity index (χ4n) is 7.49. The second-order valence-corrected chi connectivity index (χ2v) is 18.1. The summed E-state index contributed by atoms with van der Waals surface area (Å²) < 4.78 is 16.8. The number of carbonyl (C=O) groups is 3. The van der Waals surface area contributed by atoms with Gasteiger partial charge in [0.15, 0.2) is 6.10 Å². The maximum absolute atomic E-state index is 12.8. The summed E-state index contributed by atoms with van der Waals surface area (Å²) in [6, 6.07) is 0. The average molecular weight is 931 g/mol. The van der Waals surface area contributed by atoms with E-state index >= 15 is 0 Å². The van der Waals surface area contributed by atoms with Crippen LogP contribution in [0.2, 0.25) is 0 Å². The van der Waals surface area contributed by atoms with Gasteiger partial charge < -0.3 is 14.2 Å². The first kappa shape index (κ1) is 63.3. The summed E-state index contributed by atoms with van der Waals surface area (Å²) in [5.74, 6) is -0.975. The molecule has 0 spiro atoms. The minimum atomic E-state index is -0.807. The Morgan fingerprint density at radius 1 is 0.313 bits per heavy atom. The monoisotopic (exact) mass is 931 g/mol. The van der Waals surface area contributed by atoms with Gasteiger partial charge in [0, 0.05) is 19.3 Å². The largest absolute Gasteiger partial charge is 0.462 e. The summed E-state index contributed by atoms with van der Waals surface area (Å²) in [6.07, 6.45) is 72.6. The number of esters is 3. The summed E-state index contributed by atoms with van der Waals surface area (Å²) in [5.41, 5.74) is 0. The molecule has 0 aliphatic heterocycles. The predicted molar refractivity (Wildman–Crippen MR) is 288 cm³/mol. The predicted octanol–water partition coefficient (Wildman–Crippen LogP) is 18.5. The zero-order valence-electron chi connectivity index (χ0n) is 43.6. The third-order valence-corrected chi connectivity index (χ3v) is 11.6. The third kappa shape index (κ3) is 53.2. The van der Waals surface area contributed by atoms with Gasteiger partial charge in [0.25, 0.3) is 0 Å². The zero-order valence-corrected chi connectivity index (χ0v) is 43.6. The van der Waals surface area contributed by atoms with Gasteiger partial charge in [-0.25, -0.2) is 0 Å². The van der Waals surface area contributed by atoms with Gasteiger partial charge in [-0.1, -0.05) is 240 Å². The van der Waals surface area contributed by atoms with Crippen molar-refractivity contribution >= 4 is 17.9 Å². The van der Waals surface area contributed by atoms with Gasteiger partial charge in [-0.15, -0.1) is 0 Å². The molecule has 0 aliphatic rings. The van der Waals surface area contributed by atoms with Gasteiger partial charge in [0.05, 0.1) is 0 Å². The summed E-state index contributed by atoms with van der Waals surface area (Å²) >= 11 is 0. The number of unbranched alkanes of at least 4 members (excludes halogenated alkanes) is 22.